The Morgan fingerprint density at radius 3 is 2.63 bits per heavy atom. The highest BCUT2D eigenvalue weighted by Gasteiger charge is 2.39. The Kier molecular flexibility index (Phi) is 6.21. The predicted molar refractivity (Wildman–Crippen MR) is 159 cm³/mol. The van der Waals surface area contributed by atoms with E-state index in [0.29, 0.717) is 5.69 Å². The molecule has 0 spiro atoms. The van der Waals surface area contributed by atoms with E-state index in [4.69, 9.17) is 14.6 Å². The van der Waals surface area contributed by atoms with Crippen molar-refractivity contribution >= 4 is 40.8 Å². The van der Waals surface area contributed by atoms with Gasteiger partial charge in [0.1, 0.15) is 41.6 Å². The Morgan fingerprint density at radius 2 is 2.00 bits per heavy atom. The van der Waals surface area contributed by atoms with Crippen LogP contribution in [0.15, 0.2) is 47.4 Å². The third kappa shape index (κ3) is 4.17. The van der Waals surface area contributed by atoms with Crippen LogP contribution >= 0.6 is 11.3 Å². The maximum Gasteiger partial charge on any atom is 0.273 e. The van der Waals surface area contributed by atoms with Gasteiger partial charge in [-0.05, 0) is 41.7 Å². The smallest absolute Gasteiger partial charge is 0.273 e. The van der Waals surface area contributed by atoms with E-state index in [9.17, 15) is 4.79 Å². The van der Waals surface area contributed by atoms with Crippen molar-refractivity contribution in [2.24, 2.45) is 7.05 Å². The molecular formula is C27H31B3N4O3S. The van der Waals surface area contributed by atoms with Gasteiger partial charge in [-0.1, -0.05) is 12.8 Å². The predicted octanol–water partition coefficient (Wildman–Crippen LogP) is 2.40. The van der Waals surface area contributed by atoms with Crippen molar-refractivity contribution in [3.63, 3.8) is 0 Å². The Bertz CT molecular complexity index is 1500. The number of rotatable bonds is 6. The lowest BCUT2D eigenvalue weighted by Crippen LogP contribution is -2.57. The molecule has 1 amide bonds. The molecule has 1 saturated carbocycles. The van der Waals surface area contributed by atoms with Gasteiger partial charge in [-0.3, -0.25) is 4.79 Å². The largest absolute Gasteiger partial charge is 0.496 e. The van der Waals surface area contributed by atoms with Crippen molar-refractivity contribution in [1.29, 1.82) is 0 Å². The van der Waals surface area contributed by atoms with E-state index in [1.54, 1.807) is 18.4 Å². The zero-order valence-electron chi connectivity index (χ0n) is 22.7. The fourth-order valence-corrected chi connectivity index (χ4v) is 6.58. The molecule has 7 nitrogen and oxygen atoms in total. The van der Waals surface area contributed by atoms with Crippen molar-refractivity contribution < 1.29 is 14.3 Å². The first-order chi connectivity index (χ1) is 18.3. The van der Waals surface area contributed by atoms with Crippen molar-refractivity contribution in [1.82, 2.24) is 19.2 Å². The first kappa shape index (κ1) is 25.0. The van der Waals surface area contributed by atoms with Gasteiger partial charge in [0.15, 0.2) is 5.69 Å². The van der Waals surface area contributed by atoms with Gasteiger partial charge in [0, 0.05) is 59.2 Å². The highest BCUT2D eigenvalue weighted by molar-refractivity contribution is 7.08. The average Bonchev–Trinajstić information content (AvgIpc) is 3.69. The number of aryl methyl sites for hydroxylation is 1. The summed E-state index contributed by atoms with van der Waals surface area (Å²) in [4.78, 5) is 16.4. The van der Waals surface area contributed by atoms with Gasteiger partial charge < -0.3 is 18.9 Å². The fourth-order valence-electron chi connectivity index (χ4n) is 5.97. The molecule has 0 N–H and O–H groups in total. The summed E-state index contributed by atoms with van der Waals surface area (Å²) in [7, 11) is 10.0. The van der Waals surface area contributed by atoms with E-state index < -0.39 is 0 Å². The second-order valence-corrected chi connectivity index (χ2v) is 12.0. The molecule has 38 heavy (non-hydrogen) atoms. The van der Waals surface area contributed by atoms with Crippen LogP contribution in [0, 0.1) is 0 Å². The lowest BCUT2D eigenvalue weighted by Gasteiger charge is -2.41. The van der Waals surface area contributed by atoms with Crippen molar-refractivity contribution in [3.8, 4) is 39.6 Å². The van der Waals surface area contributed by atoms with E-state index in [-0.39, 0.29) is 23.8 Å². The third-order valence-electron chi connectivity index (χ3n) is 7.64. The number of thiophene rings is 1. The van der Waals surface area contributed by atoms with Gasteiger partial charge in [-0.15, -0.1) is 0 Å². The molecule has 6 rings (SSSR count). The van der Waals surface area contributed by atoms with Gasteiger partial charge in [-0.25, -0.2) is 4.68 Å². The number of hydrogen-bond acceptors (Lipinski definition) is 5. The zero-order valence-corrected chi connectivity index (χ0v) is 23.5. The number of carbonyl (C=O) groups excluding carboxylic acids is 1. The fraction of sp³-hybridized carbons (Fsp3) is 0.333. The monoisotopic (exact) mass is 524 g/mol. The van der Waals surface area contributed by atoms with E-state index in [1.165, 1.54) is 0 Å². The number of carbonyl (C=O) groups is 1. The summed E-state index contributed by atoms with van der Waals surface area (Å²) in [6.45, 7) is 0.282. The van der Waals surface area contributed by atoms with Crippen LogP contribution in [0.2, 0.25) is 0 Å². The number of hydrogen-bond donors (Lipinski definition) is 0. The molecule has 4 heterocycles. The lowest BCUT2D eigenvalue weighted by molar-refractivity contribution is 0.0664. The van der Waals surface area contributed by atoms with E-state index in [2.05, 4.69) is 52.1 Å². The summed E-state index contributed by atoms with van der Waals surface area (Å²) in [6.07, 6.45) is 8.49. The minimum absolute atomic E-state index is 0.0153. The van der Waals surface area contributed by atoms with Gasteiger partial charge in [-0.2, -0.15) is 16.4 Å². The first-order valence-corrected chi connectivity index (χ1v) is 14.2. The Morgan fingerprint density at radius 1 is 1.21 bits per heavy atom. The number of fused-ring (bicyclic) bond motifs is 3. The zero-order chi connectivity index (χ0) is 26.6. The van der Waals surface area contributed by atoms with Crippen LogP contribution in [0.1, 0.15) is 41.7 Å². The van der Waals surface area contributed by atoms with Crippen LogP contribution in [0.25, 0.3) is 28.1 Å². The molecule has 1 aliphatic heterocycles. The van der Waals surface area contributed by atoms with Gasteiger partial charge in [0.25, 0.3) is 5.91 Å². The summed E-state index contributed by atoms with van der Waals surface area (Å²) in [5.74, 6) is 1.46. The molecule has 0 saturated heterocycles. The number of methoxy groups -OCH3 is 1. The van der Waals surface area contributed by atoms with Crippen molar-refractivity contribution in [3.05, 3.63) is 58.7 Å². The van der Waals surface area contributed by atoms with E-state index >= 15 is 0 Å². The van der Waals surface area contributed by atoms with Crippen LogP contribution in [-0.2, 0) is 13.7 Å². The number of aromatic nitrogens is 3. The minimum atomic E-state index is -0.313. The summed E-state index contributed by atoms with van der Waals surface area (Å²) in [6, 6.07) is 8.41. The van der Waals surface area contributed by atoms with Gasteiger partial charge in [0.05, 0.1) is 18.5 Å². The van der Waals surface area contributed by atoms with E-state index in [0.717, 1.165) is 70.8 Å². The maximum atomic E-state index is 14.3. The Hall–Kier alpha value is -3.33. The van der Waals surface area contributed by atoms with Crippen molar-refractivity contribution in [2.45, 2.75) is 43.6 Å². The van der Waals surface area contributed by atoms with Crippen LogP contribution < -0.4 is 9.47 Å². The number of amides is 1. The highest BCUT2D eigenvalue weighted by atomic mass is 32.1. The van der Waals surface area contributed by atoms with Crippen LogP contribution in [0.3, 0.4) is 0 Å². The topological polar surface area (TPSA) is 61.5 Å². The molecule has 3 aromatic heterocycles. The molecule has 4 aromatic rings. The summed E-state index contributed by atoms with van der Waals surface area (Å²) in [5, 5.41) is 8.79. The highest BCUT2D eigenvalue weighted by Crippen LogP contribution is 2.46. The molecular weight excluding hydrogens is 493 g/mol. The standard InChI is InChI=1S/C27H31B3N4O3S/c1-32-9-7-16(13-32)19-11-20-23(12-22(19)36-2)37-14-21-24(31-34(25(20)21)18-8-10-38-15-18)26(35)33(27(28,29)30)17-5-3-4-6-17/h7-13,15,17H,3-6,14,28-30H2,1-2H3. The van der Waals surface area contributed by atoms with Gasteiger partial charge in [0.2, 0.25) is 0 Å². The van der Waals surface area contributed by atoms with Gasteiger partial charge >= 0.3 is 0 Å². The molecule has 0 bridgehead atoms. The number of benzene rings is 1. The normalized spacial score (nSPS) is 15.1. The second kappa shape index (κ2) is 9.45. The number of ether oxygens (including phenoxy) is 2. The van der Waals surface area contributed by atoms with Crippen LogP contribution in [0.5, 0.6) is 11.5 Å². The average molecular weight is 524 g/mol. The summed E-state index contributed by atoms with van der Waals surface area (Å²) >= 11 is 1.61. The molecule has 1 fully saturated rings. The van der Waals surface area contributed by atoms with Crippen LogP contribution in [-0.4, -0.2) is 67.1 Å². The molecule has 0 unspecified atom stereocenters. The lowest BCUT2D eigenvalue weighted by atomic mass is 9.48. The first-order valence-electron chi connectivity index (χ1n) is 13.2. The quantitative estimate of drug-likeness (QED) is 0.364. The molecule has 11 heteroatoms. The molecule has 2 aliphatic rings. The minimum Gasteiger partial charge on any atom is -0.496 e. The summed E-state index contributed by atoms with van der Waals surface area (Å²) in [5.41, 5.74) is 6.10. The SMILES string of the molecule is BC(B)(B)N(C(=O)c1nn(-c2ccsc2)c2c1COc1cc(OC)c(-c3ccn(C)c3)cc1-2)C1CCCC1. The van der Waals surface area contributed by atoms with Crippen molar-refractivity contribution in [2.75, 3.05) is 7.11 Å². The van der Waals surface area contributed by atoms with E-state index in [1.807, 2.05) is 40.0 Å². The second-order valence-electron chi connectivity index (χ2n) is 11.3. The number of nitrogens with zero attached hydrogens (tertiary/aromatic N) is 4. The Balaban J connectivity index is 1.55. The summed E-state index contributed by atoms with van der Waals surface area (Å²) < 4.78 is 16.0. The maximum absolute atomic E-state index is 14.3. The third-order valence-corrected chi connectivity index (χ3v) is 8.31. The molecule has 1 aliphatic carbocycles. The Labute approximate surface area is 230 Å². The molecule has 192 valence electrons. The molecule has 1 aromatic carbocycles. The molecule has 0 radical (unpaired) electrons. The van der Waals surface area contributed by atoms with Crippen LogP contribution in [0.4, 0.5) is 0 Å². The molecule has 0 atom stereocenters.